The minimum Gasteiger partial charge on any atom is -0.393 e. The molecule has 3 rings (SSSR count). The third-order valence-corrected chi connectivity index (χ3v) is 9.13. The van der Waals surface area contributed by atoms with Gasteiger partial charge < -0.3 is 20.1 Å². The molecule has 2 aliphatic carbocycles. The summed E-state index contributed by atoms with van der Waals surface area (Å²) in [7, 11) is 0. The maximum Gasteiger partial charge on any atom is 0.0982 e. The highest BCUT2D eigenvalue weighted by molar-refractivity contribution is 5.37. The van der Waals surface area contributed by atoms with Crippen LogP contribution in [0.5, 0.6) is 0 Å². The summed E-state index contributed by atoms with van der Waals surface area (Å²) in [6, 6.07) is 0. The molecule has 4 nitrogen and oxygen atoms in total. The predicted molar refractivity (Wildman–Crippen MR) is 184 cm³/mol. The molecule has 0 spiro atoms. The number of aliphatic hydroxyl groups is 3. The van der Waals surface area contributed by atoms with Crippen LogP contribution in [0.15, 0.2) is 112 Å². The second kappa shape index (κ2) is 14.1. The molecule has 4 heteroatoms. The third kappa shape index (κ3) is 9.39. The van der Waals surface area contributed by atoms with Crippen molar-refractivity contribution < 1.29 is 20.1 Å². The number of fused-ring (bicyclic) bond motifs is 1. The quantitative estimate of drug-likeness (QED) is 0.148. The molecule has 240 valence electrons. The summed E-state index contributed by atoms with van der Waals surface area (Å²) in [4.78, 5) is 0. The van der Waals surface area contributed by atoms with Gasteiger partial charge in [0.2, 0.25) is 0 Å². The van der Waals surface area contributed by atoms with Crippen LogP contribution >= 0.6 is 0 Å². The smallest absolute Gasteiger partial charge is 0.0982 e. The zero-order valence-electron chi connectivity index (χ0n) is 28.7. The molecule has 0 unspecified atom stereocenters. The van der Waals surface area contributed by atoms with E-state index in [1.54, 1.807) is 6.92 Å². The molecule has 3 aliphatic rings. The Bertz CT molecular complexity index is 1360. The molecule has 2 fully saturated rings. The number of allylic oxidation sites excluding steroid dienone is 13. The van der Waals surface area contributed by atoms with Crippen molar-refractivity contribution in [3.63, 3.8) is 0 Å². The van der Waals surface area contributed by atoms with Crippen LogP contribution in [0.3, 0.4) is 0 Å². The molecule has 0 radical (unpaired) electrons. The van der Waals surface area contributed by atoms with E-state index in [-0.39, 0.29) is 23.0 Å². The van der Waals surface area contributed by atoms with Gasteiger partial charge in [-0.3, -0.25) is 0 Å². The lowest BCUT2D eigenvalue weighted by atomic mass is 9.65. The van der Waals surface area contributed by atoms with Gasteiger partial charge in [-0.1, -0.05) is 99.6 Å². The summed E-state index contributed by atoms with van der Waals surface area (Å²) in [6.07, 6.45) is 26.4. The second-order valence-corrected chi connectivity index (χ2v) is 14.9. The Morgan fingerprint density at radius 1 is 0.727 bits per heavy atom. The van der Waals surface area contributed by atoms with Crippen molar-refractivity contribution in [3.8, 4) is 0 Å². The second-order valence-electron chi connectivity index (χ2n) is 14.9. The molecule has 1 heterocycles. The first-order chi connectivity index (χ1) is 20.3. The Hall–Kier alpha value is -2.72. The van der Waals surface area contributed by atoms with E-state index in [9.17, 15) is 15.3 Å². The zero-order chi connectivity index (χ0) is 32.9. The van der Waals surface area contributed by atoms with E-state index in [1.165, 1.54) is 5.57 Å². The first kappa shape index (κ1) is 35.8. The Morgan fingerprint density at radius 2 is 1.25 bits per heavy atom. The molecule has 0 aromatic rings. The molecule has 2 saturated carbocycles. The van der Waals surface area contributed by atoms with Gasteiger partial charge in [0.05, 0.1) is 29.5 Å². The zero-order valence-corrected chi connectivity index (χ0v) is 28.7. The molecule has 3 N–H and O–H groups in total. The normalized spacial score (nSPS) is 33.2. The fraction of sp³-hybridized carbons (Fsp3) is 0.525. The van der Waals surface area contributed by atoms with Gasteiger partial charge in [0, 0.05) is 18.4 Å². The molecule has 0 aromatic carbocycles. The van der Waals surface area contributed by atoms with Gasteiger partial charge in [-0.2, -0.15) is 0 Å². The summed E-state index contributed by atoms with van der Waals surface area (Å²) in [6.45, 7) is 20.7. The predicted octanol–water partition coefficient (Wildman–Crippen LogP) is 8.72. The van der Waals surface area contributed by atoms with Crippen LogP contribution in [0, 0.1) is 10.8 Å². The Labute approximate surface area is 267 Å². The maximum atomic E-state index is 10.9. The Morgan fingerprint density at radius 3 is 1.84 bits per heavy atom. The number of hydrogen-bond acceptors (Lipinski definition) is 4. The minimum absolute atomic E-state index is 0.0566. The maximum absolute atomic E-state index is 10.9. The Kier molecular flexibility index (Phi) is 11.5. The number of aliphatic hydroxyl groups excluding tert-OH is 2. The molecular formula is C40H56O4. The van der Waals surface area contributed by atoms with Crippen molar-refractivity contribution >= 4 is 0 Å². The minimum atomic E-state index is -1.05. The first-order valence-corrected chi connectivity index (χ1v) is 16.0. The van der Waals surface area contributed by atoms with Gasteiger partial charge in [0.25, 0.3) is 0 Å². The summed E-state index contributed by atoms with van der Waals surface area (Å²) < 4.78 is 6.46. The first-order valence-electron chi connectivity index (χ1n) is 16.0. The summed E-state index contributed by atoms with van der Waals surface area (Å²) in [5, 5.41) is 31.4. The van der Waals surface area contributed by atoms with E-state index in [1.807, 2.05) is 37.3 Å². The van der Waals surface area contributed by atoms with Crippen LogP contribution in [0.25, 0.3) is 0 Å². The summed E-state index contributed by atoms with van der Waals surface area (Å²) in [5.41, 5.74) is 8.16. The van der Waals surface area contributed by atoms with E-state index < -0.39 is 17.3 Å². The van der Waals surface area contributed by atoms with Crippen LogP contribution in [0.2, 0.25) is 0 Å². The van der Waals surface area contributed by atoms with Gasteiger partial charge in [0.15, 0.2) is 0 Å². The lowest BCUT2D eigenvalue weighted by molar-refractivity contribution is -0.0683. The third-order valence-electron chi connectivity index (χ3n) is 9.13. The highest BCUT2D eigenvalue weighted by Gasteiger charge is 2.50. The standard InChI is InChI=1S/C40H56O4/c1-28(17-13-18-30(3)21-22-35-37(5,6)24-32(41)26-39(35,9)43)15-11-12-16-29(2)19-14-20-31(4)34-23-36-38(7,8)25-33(42)27-40(36,10)44-34/h11-21,23,32-34,41-43H,24-27H2,1-10H3/b12-11+,17-13+,19-14+,28-15+,29-16+,30-18+,31-20+/t22?,32-,33+,34+,39+,40-/m1/s1. The van der Waals surface area contributed by atoms with Crippen molar-refractivity contribution in [2.24, 2.45) is 10.8 Å². The lowest BCUT2D eigenvalue weighted by Crippen LogP contribution is -2.45. The van der Waals surface area contributed by atoms with Gasteiger partial charge in [-0.15, -0.1) is 5.73 Å². The largest absolute Gasteiger partial charge is 0.393 e. The summed E-state index contributed by atoms with van der Waals surface area (Å²) >= 11 is 0. The van der Waals surface area contributed by atoms with Crippen molar-refractivity contribution in [1.29, 1.82) is 0 Å². The van der Waals surface area contributed by atoms with E-state index in [2.05, 4.69) is 104 Å². The van der Waals surface area contributed by atoms with Crippen LogP contribution in [-0.4, -0.2) is 44.8 Å². The van der Waals surface area contributed by atoms with Gasteiger partial charge in [-0.25, -0.2) is 0 Å². The topological polar surface area (TPSA) is 69.9 Å². The van der Waals surface area contributed by atoms with Crippen LogP contribution < -0.4 is 0 Å². The fourth-order valence-electron chi connectivity index (χ4n) is 7.21. The van der Waals surface area contributed by atoms with E-state index in [4.69, 9.17) is 4.74 Å². The number of rotatable bonds is 8. The Balaban J connectivity index is 1.56. The van der Waals surface area contributed by atoms with E-state index >= 15 is 0 Å². The molecule has 5 atom stereocenters. The summed E-state index contributed by atoms with van der Waals surface area (Å²) in [5.74, 6) is 0. The average Bonchev–Trinajstić information content (AvgIpc) is 3.22. The van der Waals surface area contributed by atoms with Crippen LogP contribution in [0.1, 0.15) is 94.9 Å². The molecule has 0 aromatic heterocycles. The van der Waals surface area contributed by atoms with Crippen molar-refractivity contribution in [1.82, 2.24) is 0 Å². The molecule has 0 saturated heterocycles. The van der Waals surface area contributed by atoms with Crippen molar-refractivity contribution in [2.45, 2.75) is 124 Å². The average molecular weight is 601 g/mol. The molecule has 0 amide bonds. The highest BCUT2D eigenvalue weighted by atomic mass is 16.5. The number of hydrogen-bond donors (Lipinski definition) is 3. The molecule has 1 aliphatic heterocycles. The van der Waals surface area contributed by atoms with E-state index in [0.29, 0.717) is 19.3 Å². The van der Waals surface area contributed by atoms with Crippen LogP contribution in [0.4, 0.5) is 0 Å². The van der Waals surface area contributed by atoms with Crippen molar-refractivity contribution in [3.05, 3.63) is 112 Å². The SMILES string of the molecule is C\C(C=C=C1C(C)(C)C[C@@H](O)C[C@]1(C)O)=C/C=C/C(C)=C/C=C/C=C(C)/C=C/C=C(\C)[C@@H]1C=C2C(C)(C)C[C@H](O)C[C@@]2(C)O1. The fourth-order valence-corrected chi connectivity index (χ4v) is 7.21. The highest BCUT2D eigenvalue weighted by Crippen LogP contribution is 2.52. The van der Waals surface area contributed by atoms with Gasteiger partial charge >= 0.3 is 0 Å². The van der Waals surface area contributed by atoms with Gasteiger partial charge in [0.1, 0.15) is 0 Å². The molecular weight excluding hydrogens is 544 g/mol. The van der Waals surface area contributed by atoms with Gasteiger partial charge in [-0.05, 0) is 94.1 Å². The van der Waals surface area contributed by atoms with Crippen molar-refractivity contribution in [2.75, 3.05) is 0 Å². The van der Waals surface area contributed by atoms with E-state index in [0.717, 1.165) is 34.3 Å². The molecule has 0 bridgehead atoms. The van der Waals surface area contributed by atoms with Crippen LogP contribution in [-0.2, 0) is 4.74 Å². The number of ether oxygens (including phenoxy) is 1. The lowest BCUT2D eigenvalue weighted by Gasteiger charge is -2.44. The monoisotopic (exact) mass is 600 g/mol. The molecule has 44 heavy (non-hydrogen) atoms.